The molecule has 0 bridgehead atoms. The van der Waals surface area contributed by atoms with Crippen LogP contribution in [0.25, 0.3) is 10.9 Å². The van der Waals surface area contributed by atoms with Crippen LogP contribution in [0.15, 0.2) is 18.5 Å². The van der Waals surface area contributed by atoms with E-state index in [0.29, 0.717) is 5.69 Å². The van der Waals surface area contributed by atoms with Crippen LogP contribution in [0.1, 0.15) is 11.3 Å². The van der Waals surface area contributed by atoms with E-state index in [0.717, 1.165) is 16.5 Å². The summed E-state index contributed by atoms with van der Waals surface area (Å²) < 4.78 is 0. The predicted molar refractivity (Wildman–Crippen MR) is 45.5 cm³/mol. The molecule has 0 saturated heterocycles. The molecule has 0 radical (unpaired) electrons. The van der Waals surface area contributed by atoms with Crippen LogP contribution >= 0.6 is 0 Å². The number of nitriles is 1. The number of nitrogens with one attached hydrogen (secondary N) is 1. The van der Waals surface area contributed by atoms with Gasteiger partial charge in [-0.05, 0) is 13.0 Å². The highest BCUT2D eigenvalue weighted by atomic mass is 14.7. The van der Waals surface area contributed by atoms with Crippen molar-refractivity contribution in [2.45, 2.75) is 6.92 Å². The monoisotopic (exact) mass is 157 g/mol. The number of hydrogen-bond acceptors (Lipinski definition) is 2. The lowest BCUT2D eigenvalue weighted by Crippen LogP contribution is -1.87. The summed E-state index contributed by atoms with van der Waals surface area (Å²) in [4.78, 5) is 7.09. The summed E-state index contributed by atoms with van der Waals surface area (Å²) in [6.07, 6.45) is 3.55. The summed E-state index contributed by atoms with van der Waals surface area (Å²) in [6, 6.07) is 3.99. The van der Waals surface area contributed by atoms with E-state index < -0.39 is 0 Å². The molecule has 2 aromatic heterocycles. The molecule has 0 atom stereocenters. The van der Waals surface area contributed by atoms with Crippen molar-refractivity contribution in [2.24, 2.45) is 0 Å². The number of aromatic amines is 1. The molecule has 0 aliphatic carbocycles. The fourth-order valence-electron chi connectivity index (χ4n) is 1.28. The summed E-state index contributed by atoms with van der Waals surface area (Å²) >= 11 is 0. The fourth-order valence-corrected chi connectivity index (χ4v) is 1.28. The molecule has 0 spiro atoms. The summed E-state index contributed by atoms with van der Waals surface area (Å²) in [7, 11) is 0. The van der Waals surface area contributed by atoms with E-state index in [1.54, 1.807) is 6.20 Å². The van der Waals surface area contributed by atoms with Gasteiger partial charge in [0.25, 0.3) is 0 Å². The summed E-state index contributed by atoms with van der Waals surface area (Å²) in [5.41, 5.74) is 2.41. The molecule has 58 valence electrons. The van der Waals surface area contributed by atoms with E-state index in [1.165, 1.54) is 0 Å². The molecule has 3 nitrogen and oxygen atoms in total. The van der Waals surface area contributed by atoms with Crippen molar-refractivity contribution < 1.29 is 0 Å². The smallest absolute Gasteiger partial charge is 0.145 e. The minimum absolute atomic E-state index is 0.491. The number of rotatable bonds is 0. The highest BCUT2D eigenvalue weighted by Gasteiger charge is 2.03. The Kier molecular flexibility index (Phi) is 1.34. The molecule has 2 aromatic rings. The Morgan fingerprint density at radius 1 is 1.58 bits per heavy atom. The van der Waals surface area contributed by atoms with Crippen molar-refractivity contribution in [3.63, 3.8) is 0 Å². The second-order valence-corrected chi connectivity index (χ2v) is 2.65. The van der Waals surface area contributed by atoms with Crippen LogP contribution < -0.4 is 0 Å². The minimum Gasteiger partial charge on any atom is -0.361 e. The van der Waals surface area contributed by atoms with Crippen molar-refractivity contribution in [1.82, 2.24) is 9.97 Å². The zero-order chi connectivity index (χ0) is 8.55. The molecule has 3 heteroatoms. The van der Waals surface area contributed by atoms with Crippen molar-refractivity contribution >= 4 is 10.9 Å². The van der Waals surface area contributed by atoms with Gasteiger partial charge in [-0.2, -0.15) is 5.26 Å². The van der Waals surface area contributed by atoms with Gasteiger partial charge in [-0.1, -0.05) is 0 Å². The lowest BCUT2D eigenvalue weighted by atomic mass is 10.2. The first kappa shape index (κ1) is 6.86. The van der Waals surface area contributed by atoms with Gasteiger partial charge in [-0.25, -0.2) is 4.98 Å². The number of aromatic nitrogens is 2. The number of nitrogens with zero attached hydrogens (tertiary/aromatic N) is 2. The van der Waals surface area contributed by atoms with Crippen molar-refractivity contribution in [2.75, 3.05) is 0 Å². The first-order valence-corrected chi connectivity index (χ1v) is 3.65. The van der Waals surface area contributed by atoms with Crippen molar-refractivity contribution in [1.29, 1.82) is 5.26 Å². The van der Waals surface area contributed by atoms with Gasteiger partial charge < -0.3 is 4.98 Å². The lowest BCUT2D eigenvalue weighted by molar-refractivity contribution is 1.23. The van der Waals surface area contributed by atoms with E-state index in [-0.39, 0.29) is 0 Å². The predicted octanol–water partition coefficient (Wildman–Crippen LogP) is 1.74. The van der Waals surface area contributed by atoms with Crippen molar-refractivity contribution in [3.8, 4) is 6.07 Å². The Morgan fingerprint density at radius 2 is 2.42 bits per heavy atom. The quantitative estimate of drug-likeness (QED) is 0.633. The summed E-state index contributed by atoms with van der Waals surface area (Å²) in [5.74, 6) is 0. The molecule has 0 saturated carbocycles. The third kappa shape index (κ3) is 0.785. The highest BCUT2D eigenvalue weighted by molar-refractivity contribution is 5.82. The zero-order valence-electron chi connectivity index (χ0n) is 6.63. The van der Waals surface area contributed by atoms with Crippen LogP contribution in [0, 0.1) is 18.3 Å². The SMILES string of the molecule is Cc1c(C#N)ncc2cc[nH]c12. The molecule has 0 amide bonds. The average Bonchev–Trinajstić information content (AvgIpc) is 2.53. The second kappa shape index (κ2) is 2.35. The van der Waals surface area contributed by atoms with Gasteiger partial charge in [0.1, 0.15) is 11.8 Å². The van der Waals surface area contributed by atoms with Crippen molar-refractivity contribution in [3.05, 3.63) is 29.7 Å². The largest absolute Gasteiger partial charge is 0.361 e. The average molecular weight is 157 g/mol. The lowest BCUT2D eigenvalue weighted by Gasteiger charge is -1.96. The zero-order valence-corrected chi connectivity index (χ0v) is 6.63. The van der Waals surface area contributed by atoms with Gasteiger partial charge >= 0.3 is 0 Å². The second-order valence-electron chi connectivity index (χ2n) is 2.65. The number of fused-ring (bicyclic) bond motifs is 1. The number of H-pyrrole nitrogens is 1. The molecule has 12 heavy (non-hydrogen) atoms. The maximum atomic E-state index is 8.69. The summed E-state index contributed by atoms with van der Waals surface area (Å²) in [5, 5.41) is 9.74. The van der Waals surface area contributed by atoms with Gasteiger partial charge in [0.15, 0.2) is 0 Å². The molecule has 0 aliphatic rings. The Balaban J connectivity index is 2.89. The third-order valence-electron chi connectivity index (χ3n) is 1.95. The maximum absolute atomic E-state index is 8.69. The Hall–Kier alpha value is -1.82. The van der Waals surface area contributed by atoms with Gasteiger partial charge in [0.2, 0.25) is 0 Å². The van der Waals surface area contributed by atoms with Crippen LogP contribution in [0.4, 0.5) is 0 Å². The number of aryl methyl sites for hydroxylation is 1. The molecule has 0 aliphatic heterocycles. The maximum Gasteiger partial charge on any atom is 0.145 e. The molecule has 0 aromatic carbocycles. The van der Waals surface area contributed by atoms with Crippen LogP contribution in [-0.4, -0.2) is 9.97 Å². The van der Waals surface area contributed by atoms with Crippen LogP contribution in [0.3, 0.4) is 0 Å². The number of hydrogen-bond donors (Lipinski definition) is 1. The normalized spacial score (nSPS) is 10.0. The highest BCUT2D eigenvalue weighted by Crippen LogP contribution is 2.16. The molecule has 2 heterocycles. The van der Waals surface area contributed by atoms with E-state index in [4.69, 9.17) is 5.26 Å². The van der Waals surface area contributed by atoms with Crippen LogP contribution in [0.2, 0.25) is 0 Å². The van der Waals surface area contributed by atoms with Gasteiger partial charge in [0.05, 0.1) is 5.52 Å². The van der Waals surface area contributed by atoms with E-state index in [2.05, 4.69) is 9.97 Å². The molecule has 0 unspecified atom stereocenters. The fraction of sp³-hybridized carbons (Fsp3) is 0.111. The van der Waals surface area contributed by atoms with E-state index in [9.17, 15) is 0 Å². The third-order valence-corrected chi connectivity index (χ3v) is 1.95. The first-order chi connectivity index (χ1) is 5.83. The Labute approximate surface area is 69.7 Å². The molecule has 2 rings (SSSR count). The molecule has 1 N–H and O–H groups in total. The minimum atomic E-state index is 0.491. The van der Waals surface area contributed by atoms with Gasteiger partial charge in [-0.3, -0.25) is 0 Å². The van der Waals surface area contributed by atoms with Gasteiger partial charge in [0, 0.05) is 23.3 Å². The topological polar surface area (TPSA) is 52.5 Å². The first-order valence-electron chi connectivity index (χ1n) is 3.65. The van der Waals surface area contributed by atoms with E-state index >= 15 is 0 Å². The standard InChI is InChI=1S/C9H7N3/c1-6-8(4-10)12-5-7-2-3-11-9(6)7/h2-3,5,11H,1H3. The molecule has 0 fully saturated rings. The van der Waals surface area contributed by atoms with Crippen LogP contribution in [-0.2, 0) is 0 Å². The Morgan fingerprint density at radius 3 is 3.17 bits per heavy atom. The number of pyridine rings is 1. The van der Waals surface area contributed by atoms with E-state index in [1.807, 2.05) is 25.3 Å². The molecular formula is C9H7N3. The van der Waals surface area contributed by atoms with Crippen LogP contribution in [0.5, 0.6) is 0 Å². The van der Waals surface area contributed by atoms with Gasteiger partial charge in [-0.15, -0.1) is 0 Å². The Bertz CT molecular complexity index is 462. The molecular weight excluding hydrogens is 150 g/mol. The summed E-state index contributed by atoms with van der Waals surface area (Å²) in [6.45, 7) is 1.89.